The number of halogens is 3. The number of nitrogens with two attached hydrogens (primary N) is 1. The number of aromatic nitrogens is 1. The summed E-state index contributed by atoms with van der Waals surface area (Å²) in [5.41, 5.74) is 5.35. The number of nitrogen functional groups attached to an aromatic ring is 1. The summed E-state index contributed by atoms with van der Waals surface area (Å²) in [7, 11) is 0. The molecule has 3 N–H and O–H groups in total. The quantitative estimate of drug-likeness (QED) is 0.817. The molecule has 0 amide bonds. The van der Waals surface area contributed by atoms with Crippen molar-refractivity contribution in [3.05, 3.63) is 20.9 Å². The van der Waals surface area contributed by atoms with E-state index in [0.29, 0.717) is 0 Å². The summed E-state index contributed by atoms with van der Waals surface area (Å²) in [6.45, 7) is -0.388. The van der Waals surface area contributed by atoms with E-state index >= 15 is 0 Å². The molecule has 1 heterocycles. The van der Waals surface area contributed by atoms with E-state index in [-0.39, 0.29) is 27.3 Å². The highest BCUT2D eigenvalue weighted by molar-refractivity contribution is 14.1. The molecule has 1 aromatic rings. The van der Waals surface area contributed by atoms with Crippen LogP contribution in [0.5, 0.6) is 0 Å². The van der Waals surface area contributed by atoms with Crippen molar-refractivity contribution in [2.45, 2.75) is 13.0 Å². The minimum Gasteiger partial charge on any atom is -0.390 e. The Morgan fingerprint density at radius 3 is 2.69 bits per heavy atom. The van der Waals surface area contributed by atoms with Crippen LogP contribution >= 0.6 is 22.6 Å². The molecule has 0 spiro atoms. The van der Waals surface area contributed by atoms with Gasteiger partial charge in [-0.15, -0.1) is 0 Å². The number of hydrogen-bond acceptors (Lipinski definition) is 3. The van der Waals surface area contributed by atoms with E-state index < -0.39 is 6.43 Å². The van der Waals surface area contributed by atoms with Gasteiger partial charge in [0.25, 0.3) is 6.43 Å². The third-order valence-corrected chi connectivity index (χ3v) is 2.64. The highest BCUT2D eigenvalue weighted by Crippen LogP contribution is 2.27. The molecule has 72 valence electrons. The number of anilines is 1. The first-order valence-electron chi connectivity index (χ1n) is 3.40. The van der Waals surface area contributed by atoms with E-state index in [1.807, 2.05) is 0 Å². The van der Waals surface area contributed by atoms with Gasteiger partial charge >= 0.3 is 0 Å². The first kappa shape index (κ1) is 10.6. The maximum atomic E-state index is 12.4. The molecule has 1 rings (SSSR count). The van der Waals surface area contributed by atoms with Crippen LogP contribution in [-0.2, 0) is 6.61 Å². The van der Waals surface area contributed by atoms with Crippen LogP contribution in [-0.4, -0.2) is 10.1 Å². The zero-order valence-electron chi connectivity index (χ0n) is 6.47. The fourth-order valence-electron chi connectivity index (χ4n) is 0.867. The standard InChI is InChI=1S/C7H7F2IN2O/c8-6(9)4-1-3(2-13)12-7(11)5(4)10/h1,6,13H,2H2,(H2,11,12). The van der Waals surface area contributed by atoms with Gasteiger partial charge in [-0.3, -0.25) is 0 Å². The molecule has 1 aromatic heterocycles. The number of nitrogens with zero attached hydrogens (tertiary/aromatic N) is 1. The smallest absolute Gasteiger partial charge is 0.265 e. The Hall–Kier alpha value is -0.500. The lowest BCUT2D eigenvalue weighted by Crippen LogP contribution is -2.03. The van der Waals surface area contributed by atoms with Gasteiger partial charge < -0.3 is 10.8 Å². The molecule has 0 aliphatic heterocycles. The van der Waals surface area contributed by atoms with Crippen molar-refractivity contribution in [1.29, 1.82) is 0 Å². The maximum absolute atomic E-state index is 12.4. The fourth-order valence-corrected chi connectivity index (χ4v) is 1.38. The highest BCUT2D eigenvalue weighted by atomic mass is 127. The van der Waals surface area contributed by atoms with E-state index in [1.165, 1.54) is 0 Å². The molecule has 0 aliphatic rings. The summed E-state index contributed by atoms with van der Waals surface area (Å²) in [6, 6.07) is 1.16. The van der Waals surface area contributed by atoms with Gasteiger partial charge in [0, 0.05) is 5.56 Å². The summed E-state index contributed by atoms with van der Waals surface area (Å²) >= 11 is 1.70. The molecule has 0 saturated heterocycles. The zero-order chi connectivity index (χ0) is 10.0. The Kier molecular flexibility index (Phi) is 3.37. The van der Waals surface area contributed by atoms with Crippen LogP contribution in [0, 0.1) is 3.57 Å². The molecule has 0 aromatic carbocycles. The third kappa shape index (κ3) is 2.25. The summed E-state index contributed by atoms with van der Waals surface area (Å²) in [6.07, 6.45) is -2.59. The van der Waals surface area contributed by atoms with Crippen molar-refractivity contribution in [2.75, 3.05) is 5.73 Å². The molecule has 0 radical (unpaired) electrons. The normalized spacial score (nSPS) is 10.8. The van der Waals surface area contributed by atoms with Crippen LogP contribution in [0.4, 0.5) is 14.6 Å². The number of rotatable bonds is 2. The van der Waals surface area contributed by atoms with Gasteiger partial charge in [-0.05, 0) is 28.7 Å². The van der Waals surface area contributed by atoms with Gasteiger partial charge in [0.05, 0.1) is 15.9 Å². The van der Waals surface area contributed by atoms with E-state index in [2.05, 4.69) is 4.98 Å². The lowest BCUT2D eigenvalue weighted by Gasteiger charge is -2.07. The van der Waals surface area contributed by atoms with Crippen LogP contribution in [0.25, 0.3) is 0 Å². The first-order valence-corrected chi connectivity index (χ1v) is 4.48. The molecular weight excluding hydrogens is 293 g/mol. The Labute approximate surface area is 87.1 Å². The monoisotopic (exact) mass is 300 g/mol. The second-order valence-corrected chi connectivity index (χ2v) is 3.44. The summed E-state index contributed by atoms with van der Waals surface area (Å²) in [4.78, 5) is 3.72. The van der Waals surface area contributed by atoms with Gasteiger partial charge in [0.15, 0.2) is 0 Å². The molecule has 0 saturated carbocycles. The minimum atomic E-state index is -2.59. The Balaban J connectivity index is 3.25. The van der Waals surface area contributed by atoms with Gasteiger partial charge in [-0.25, -0.2) is 13.8 Å². The van der Waals surface area contributed by atoms with Crippen molar-refractivity contribution in [3.63, 3.8) is 0 Å². The van der Waals surface area contributed by atoms with Crippen LogP contribution in [0.1, 0.15) is 17.7 Å². The van der Waals surface area contributed by atoms with E-state index in [0.717, 1.165) is 6.07 Å². The fraction of sp³-hybridized carbons (Fsp3) is 0.286. The number of aliphatic hydroxyl groups excluding tert-OH is 1. The molecule has 0 aliphatic carbocycles. The van der Waals surface area contributed by atoms with Crippen molar-refractivity contribution in [3.8, 4) is 0 Å². The van der Waals surface area contributed by atoms with Gasteiger partial charge in [0.1, 0.15) is 5.82 Å². The van der Waals surface area contributed by atoms with Crippen molar-refractivity contribution in [2.24, 2.45) is 0 Å². The molecule has 0 unspecified atom stereocenters. The molecule has 6 heteroatoms. The topological polar surface area (TPSA) is 59.1 Å². The Morgan fingerprint density at radius 1 is 1.62 bits per heavy atom. The summed E-state index contributed by atoms with van der Waals surface area (Å²) in [5, 5.41) is 8.69. The average molecular weight is 300 g/mol. The largest absolute Gasteiger partial charge is 0.390 e. The predicted molar refractivity (Wildman–Crippen MR) is 52.2 cm³/mol. The van der Waals surface area contributed by atoms with E-state index in [4.69, 9.17) is 10.8 Å². The molecular formula is C7H7F2IN2O. The van der Waals surface area contributed by atoms with Crippen LogP contribution < -0.4 is 5.73 Å². The average Bonchev–Trinajstić information content (AvgIpc) is 2.09. The van der Waals surface area contributed by atoms with Crippen molar-refractivity contribution >= 4 is 28.4 Å². The predicted octanol–water partition coefficient (Wildman–Crippen LogP) is 1.70. The number of aliphatic hydroxyl groups is 1. The minimum absolute atomic E-state index is 0.0300. The lowest BCUT2D eigenvalue weighted by molar-refractivity contribution is 0.150. The van der Waals surface area contributed by atoms with Crippen LogP contribution in [0.3, 0.4) is 0 Å². The van der Waals surface area contributed by atoms with Gasteiger partial charge in [-0.1, -0.05) is 0 Å². The zero-order valence-corrected chi connectivity index (χ0v) is 8.62. The van der Waals surface area contributed by atoms with Crippen LogP contribution in [0.15, 0.2) is 6.07 Å². The highest BCUT2D eigenvalue weighted by Gasteiger charge is 2.15. The van der Waals surface area contributed by atoms with Crippen molar-refractivity contribution in [1.82, 2.24) is 4.98 Å². The lowest BCUT2D eigenvalue weighted by atomic mass is 10.2. The van der Waals surface area contributed by atoms with E-state index in [1.54, 1.807) is 22.6 Å². The Morgan fingerprint density at radius 2 is 2.23 bits per heavy atom. The molecule has 3 nitrogen and oxygen atoms in total. The maximum Gasteiger partial charge on any atom is 0.265 e. The third-order valence-electron chi connectivity index (χ3n) is 1.46. The number of alkyl halides is 2. The molecule has 0 fully saturated rings. The second-order valence-electron chi connectivity index (χ2n) is 2.36. The number of pyridine rings is 1. The number of hydrogen-bond donors (Lipinski definition) is 2. The first-order chi connectivity index (χ1) is 6.06. The molecule has 13 heavy (non-hydrogen) atoms. The van der Waals surface area contributed by atoms with Gasteiger partial charge in [-0.2, -0.15) is 0 Å². The van der Waals surface area contributed by atoms with Crippen LogP contribution in [0.2, 0.25) is 0 Å². The Bertz CT molecular complexity index is 320. The van der Waals surface area contributed by atoms with E-state index in [9.17, 15) is 8.78 Å². The van der Waals surface area contributed by atoms with Gasteiger partial charge in [0.2, 0.25) is 0 Å². The second kappa shape index (κ2) is 4.14. The summed E-state index contributed by atoms with van der Waals surface area (Å²) in [5.74, 6) is 0.0300. The summed E-state index contributed by atoms with van der Waals surface area (Å²) < 4.78 is 24.9. The molecule has 0 atom stereocenters. The SMILES string of the molecule is Nc1nc(CO)cc(C(F)F)c1I. The van der Waals surface area contributed by atoms with Crippen molar-refractivity contribution < 1.29 is 13.9 Å². The molecule has 0 bridgehead atoms.